The molecule has 0 unspecified atom stereocenters. The zero-order valence-corrected chi connectivity index (χ0v) is 10.4. The molecule has 0 radical (unpaired) electrons. The summed E-state index contributed by atoms with van der Waals surface area (Å²) < 4.78 is 5.44. The monoisotopic (exact) mass is 233 g/mol. The van der Waals surface area contributed by atoms with E-state index in [-0.39, 0.29) is 0 Å². The van der Waals surface area contributed by atoms with Gasteiger partial charge < -0.3 is 15.1 Å². The van der Waals surface area contributed by atoms with Gasteiger partial charge in [0.25, 0.3) is 0 Å². The molecule has 0 bridgehead atoms. The largest absolute Gasteiger partial charge is 0.441 e. The molecule has 17 heavy (non-hydrogen) atoms. The summed E-state index contributed by atoms with van der Waals surface area (Å²) in [5.41, 5.74) is 3.04. The Balaban J connectivity index is 1.90. The van der Waals surface area contributed by atoms with Crippen LogP contribution in [0.5, 0.6) is 0 Å². The second-order valence-corrected chi connectivity index (χ2v) is 4.07. The van der Waals surface area contributed by atoms with Gasteiger partial charge in [-0.05, 0) is 24.2 Å². The number of benzene rings is 1. The number of rotatable bonds is 6. The van der Waals surface area contributed by atoms with Gasteiger partial charge in [0.15, 0.2) is 11.5 Å². The van der Waals surface area contributed by atoms with E-state index in [2.05, 4.69) is 34.7 Å². The van der Waals surface area contributed by atoms with Gasteiger partial charge in [-0.25, -0.2) is 4.98 Å². The number of aryl methyl sites for hydroxylation is 1. The number of hydrogen-bond acceptors (Lipinski definition) is 4. The first kappa shape index (κ1) is 12.1. The molecule has 0 aliphatic rings. The first-order valence-corrected chi connectivity index (χ1v) is 6.07. The Kier molecular flexibility index (Phi) is 4.12. The second-order valence-electron chi connectivity index (χ2n) is 4.07. The van der Waals surface area contributed by atoms with Crippen molar-refractivity contribution in [3.8, 4) is 0 Å². The Bertz CT molecular complexity index is 478. The van der Waals surface area contributed by atoms with Crippen LogP contribution in [0.3, 0.4) is 0 Å². The van der Waals surface area contributed by atoms with Gasteiger partial charge in [-0.15, -0.1) is 0 Å². The van der Waals surface area contributed by atoms with Crippen molar-refractivity contribution >= 4 is 11.1 Å². The number of hydrogen-bond donors (Lipinski definition) is 2. The quantitative estimate of drug-likeness (QED) is 0.747. The third kappa shape index (κ3) is 3.28. The van der Waals surface area contributed by atoms with Gasteiger partial charge in [0.2, 0.25) is 0 Å². The summed E-state index contributed by atoms with van der Waals surface area (Å²) in [6, 6.07) is 6.13. The molecule has 0 aliphatic heterocycles. The summed E-state index contributed by atoms with van der Waals surface area (Å²) in [5, 5.41) is 6.66. The summed E-state index contributed by atoms with van der Waals surface area (Å²) in [7, 11) is 0. The fraction of sp³-hybridized carbons (Fsp3) is 0.462. The van der Waals surface area contributed by atoms with E-state index >= 15 is 0 Å². The van der Waals surface area contributed by atoms with Crippen LogP contribution in [0.15, 0.2) is 22.6 Å². The molecule has 0 spiro atoms. The van der Waals surface area contributed by atoms with E-state index in [1.54, 1.807) is 0 Å². The molecule has 2 N–H and O–H groups in total. The van der Waals surface area contributed by atoms with E-state index in [0.717, 1.165) is 43.2 Å². The Hall–Kier alpha value is -1.39. The van der Waals surface area contributed by atoms with Gasteiger partial charge in [-0.1, -0.05) is 13.0 Å². The van der Waals surface area contributed by atoms with Crippen molar-refractivity contribution in [3.63, 3.8) is 0 Å². The molecule has 0 amide bonds. The molecule has 0 saturated carbocycles. The smallest absolute Gasteiger partial charge is 0.192 e. The van der Waals surface area contributed by atoms with Crippen LogP contribution in [0.1, 0.15) is 18.4 Å². The maximum atomic E-state index is 5.44. The lowest BCUT2D eigenvalue weighted by Crippen LogP contribution is -2.26. The van der Waals surface area contributed by atoms with Gasteiger partial charge >= 0.3 is 0 Å². The van der Waals surface area contributed by atoms with Gasteiger partial charge in [0.05, 0.1) is 0 Å². The van der Waals surface area contributed by atoms with Crippen LogP contribution in [0.25, 0.3) is 11.1 Å². The van der Waals surface area contributed by atoms with E-state index in [0.29, 0.717) is 0 Å². The Labute approximate surface area is 101 Å². The molecule has 4 nitrogen and oxygen atoms in total. The number of nitrogens with zero attached hydrogens (tertiary/aromatic N) is 1. The van der Waals surface area contributed by atoms with Crippen LogP contribution in [0.2, 0.25) is 0 Å². The zero-order valence-electron chi connectivity index (χ0n) is 10.4. The third-order valence-electron chi connectivity index (χ3n) is 2.62. The molecule has 2 aromatic rings. The van der Waals surface area contributed by atoms with Gasteiger partial charge in [-0.2, -0.15) is 0 Å². The minimum Gasteiger partial charge on any atom is -0.441 e. The molecule has 1 aromatic heterocycles. The highest BCUT2D eigenvalue weighted by Crippen LogP contribution is 2.16. The van der Waals surface area contributed by atoms with Crippen molar-refractivity contribution in [2.24, 2.45) is 0 Å². The minimum absolute atomic E-state index is 0.720. The predicted molar refractivity (Wildman–Crippen MR) is 69.0 cm³/mol. The van der Waals surface area contributed by atoms with E-state index in [9.17, 15) is 0 Å². The predicted octanol–water partition coefficient (Wildman–Crippen LogP) is 1.84. The highest BCUT2D eigenvalue weighted by molar-refractivity contribution is 5.73. The highest BCUT2D eigenvalue weighted by atomic mass is 16.3. The van der Waals surface area contributed by atoms with Crippen molar-refractivity contribution in [2.45, 2.75) is 20.4 Å². The van der Waals surface area contributed by atoms with Crippen LogP contribution in [-0.4, -0.2) is 24.6 Å². The third-order valence-corrected chi connectivity index (χ3v) is 2.62. The number of aromatic nitrogens is 1. The summed E-state index contributed by atoms with van der Waals surface area (Å²) in [4.78, 5) is 4.32. The topological polar surface area (TPSA) is 50.1 Å². The Morgan fingerprint density at radius 1 is 1.24 bits per heavy atom. The molecule has 1 heterocycles. The Morgan fingerprint density at radius 2 is 2.06 bits per heavy atom. The van der Waals surface area contributed by atoms with Gasteiger partial charge in [0.1, 0.15) is 5.52 Å². The van der Waals surface area contributed by atoms with E-state index in [1.807, 2.05) is 13.0 Å². The fourth-order valence-corrected chi connectivity index (χ4v) is 1.78. The molecular weight excluding hydrogens is 214 g/mol. The normalized spacial score (nSPS) is 11.2. The van der Waals surface area contributed by atoms with Gasteiger partial charge in [-0.3, -0.25) is 0 Å². The molecular formula is C13H19N3O. The molecule has 0 saturated heterocycles. The lowest BCUT2D eigenvalue weighted by atomic mass is 10.2. The first-order chi connectivity index (χ1) is 8.29. The van der Waals surface area contributed by atoms with Crippen LogP contribution >= 0.6 is 0 Å². The van der Waals surface area contributed by atoms with Crippen molar-refractivity contribution < 1.29 is 4.42 Å². The van der Waals surface area contributed by atoms with Crippen LogP contribution in [0.4, 0.5) is 0 Å². The summed E-state index contributed by atoms with van der Waals surface area (Å²) in [5.74, 6) is 0.720. The second kappa shape index (κ2) is 5.80. The van der Waals surface area contributed by atoms with E-state index < -0.39 is 0 Å². The van der Waals surface area contributed by atoms with E-state index in [4.69, 9.17) is 4.42 Å². The minimum atomic E-state index is 0.720. The zero-order chi connectivity index (χ0) is 12.1. The van der Waals surface area contributed by atoms with E-state index in [1.165, 1.54) is 5.56 Å². The van der Waals surface area contributed by atoms with Crippen molar-refractivity contribution in [3.05, 3.63) is 29.7 Å². The van der Waals surface area contributed by atoms with Gasteiger partial charge in [0, 0.05) is 26.6 Å². The average molecular weight is 233 g/mol. The standard InChI is InChI=1S/C13H19N3O/c1-3-14-6-7-15-9-11-4-5-13-12(8-11)16-10(2)17-13/h4-5,8,14-15H,3,6-7,9H2,1-2H3. The van der Waals surface area contributed by atoms with Crippen LogP contribution in [0, 0.1) is 6.92 Å². The number of oxazole rings is 1. The maximum absolute atomic E-state index is 5.44. The van der Waals surface area contributed by atoms with Crippen molar-refractivity contribution in [1.29, 1.82) is 0 Å². The Morgan fingerprint density at radius 3 is 2.88 bits per heavy atom. The summed E-state index contributed by atoms with van der Waals surface area (Å²) in [6.07, 6.45) is 0. The molecule has 4 heteroatoms. The van der Waals surface area contributed by atoms with Crippen LogP contribution < -0.4 is 10.6 Å². The molecule has 0 aliphatic carbocycles. The SMILES string of the molecule is CCNCCNCc1ccc2oc(C)nc2c1. The average Bonchev–Trinajstić information content (AvgIpc) is 2.68. The van der Waals surface area contributed by atoms with Crippen molar-refractivity contribution in [2.75, 3.05) is 19.6 Å². The number of fused-ring (bicyclic) bond motifs is 1. The summed E-state index contributed by atoms with van der Waals surface area (Å²) >= 11 is 0. The van der Waals surface area contributed by atoms with Crippen molar-refractivity contribution in [1.82, 2.24) is 15.6 Å². The lowest BCUT2D eigenvalue weighted by molar-refractivity contribution is 0.561. The lowest BCUT2D eigenvalue weighted by Gasteiger charge is -2.04. The molecule has 2 rings (SSSR count). The fourth-order valence-electron chi connectivity index (χ4n) is 1.78. The molecule has 0 fully saturated rings. The summed E-state index contributed by atoms with van der Waals surface area (Å²) in [6.45, 7) is 7.85. The molecule has 0 atom stereocenters. The molecule has 92 valence electrons. The highest BCUT2D eigenvalue weighted by Gasteiger charge is 2.02. The number of nitrogens with one attached hydrogen (secondary N) is 2. The number of likely N-dealkylation sites (N-methyl/N-ethyl adjacent to an activating group) is 1. The molecule has 1 aromatic carbocycles. The van der Waals surface area contributed by atoms with Crippen LogP contribution in [-0.2, 0) is 6.54 Å². The maximum Gasteiger partial charge on any atom is 0.192 e. The first-order valence-electron chi connectivity index (χ1n) is 6.07.